The molecular weight excluding hydrogens is 264 g/mol. The number of carbonyl (C=O) groups excluding carboxylic acids is 1. The molecule has 21 heavy (non-hydrogen) atoms. The van der Waals surface area contributed by atoms with Crippen molar-refractivity contribution in [3.8, 4) is 0 Å². The predicted molar refractivity (Wildman–Crippen MR) is 86.1 cm³/mol. The maximum Gasteiger partial charge on any atom is 0.332 e. The van der Waals surface area contributed by atoms with Crippen molar-refractivity contribution in [3.05, 3.63) is 0 Å². The highest BCUT2D eigenvalue weighted by molar-refractivity contribution is 5.70. The van der Waals surface area contributed by atoms with Crippen molar-refractivity contribution < 1.29 is 14.3 Å². The molecule has 1 aliphatic carbocycles. The predicted octanol–water partition coefficient (Wildman–Crippen LogP) is 4.44. The van der Waals surface area contributed by atoms with Gasteiger partial charge in [-0.2, -0.15) is 0 Å². The minimum atomic E-state index is -0.226. The minimum absolute atomic E-state index is 0.0509. The van der Waals surface area contributed by atoms with Crippen LogP contribution in [0.15, 0.2) is 0 Å². The van der Waals surface area contributed by atoms with Gasteiger partial charge in [-0.1, -0.05) is 48.0 Å². The fourth-order valence-electron chi connectivity index (χ4n) is 3.67. The van der Waals surface area contributed by atoms with Gasteiger partial charge in [-0.05, 0) is 36.0 Å². The number of rotatable bonds is 6. The van der Waals surface area contributed by atoms with Crippen LogP contribution in [0.1, 0.15) is 67.2 Å². The summed E-state index contributed by atoms with van der Waals surface area (Å²) >= 11 is 0. The molecular formula is C18H34O3. The Balaban J connectivity index is 2.78. The zero-order valence-electron chi connectivity index (χ0n) is 15.0. The van der Waals surface area contributed by atoms with E-state index in [2.05, 4.69) is 41.5 Å². The molecule has 0 saturated heterocycles. The van der Waals surface area contributed by atoms with Crippen LogP contribution in [0.25, 0.3) is 0 Å². The smallest absolute Gasteiger partial charge is 0.332 e. The van der Waals surface area contributed by atoms with E-state index in [1.165, 1.54) is 20.0 Å². The summed E-state index contributed by atoms with van der Waals surface area (Å²) in [5.41, 5.74) is 0.543. The molecule has 0 heterocycles. The summed E-state index contributed by atoms with van der Waals surface area (Å²) in [7, 11) is 1.53. The lowest BCUT2D eigenvalue weighted by atomic mass is 9.74. The van der Waals surface area contributed by atoms with Crippen LogP contribution < -0.4 is 0 Å². The lowest BCUT2D eigenvalue weighted by Crippen LogP contribution is -2.33. The van der Waals surface area contributed by atoms with Crippen LogP contribution >= 0.6 is 0 Å². The molecule has 0 aromatic rings. The summed E-state index contributed by atoms with van der Waals surface area (Å²) in [6.45, 7) is 13.7. The summed E-state index contributed by atoms with van der Waals surface area (Å²) < 4.78 is 10.6. The lowest BCUT2D eigenvalue weighted by molar-refractivity contribution is -0.157. The number of ether oxygens (including phenoxy) is 2. The van der Waals surface area contributed by atoms with Crippen molar-refractivity contribution in [2.75, 3.05) is 13.7 Å². The monoisotopic (exact) mass is 298 g/mol. The molecule has 0 amide bonds. The van der Waals surface area contributed by atoms with Crippen molar-refractivity contribution in [3.63, 3.8) is 0 Å². The van der Waals surface area contributed by atoms with Gasteiger partial charge in [-0.15, -0.1) is 0 Å². The quantitative estimate of drug-likeness (QED) is 0.680. The van der Waals surface area contributed by atoms with E-state index >= 15 is 0 Å². The standard InChI is InChI=1S/C18H34O3/c1-8-18(5,6)14-9-13(11-17(2,3)4)10-15(14)21-16(19)12-20-7/h13-15H,8-12H2,1-7H3. The molecule has 3 heteroatoms. The van der Waals surface area contributed by atoms with Gasteiger partial charge < -0.3 is 9.47 Å². The van der Waals surface area contributed by atoms with Crippen molar-refractivity contribution >= 4 is 5.97 Å². The number of hydrogen-bond donors (Lipinski definition) is 0. The summed E-state index contributed by atoms with van der Waals surface area (Å²) in [5, 5.41) is 0. The Morgan fingerprint density at radius 1 is 1.14 bits per heavy atom. The molecule has 0 radical (unpaired) electrons. The third-order valence-corrected chi connectivity index (χ3v) is 4.96. The second-order valence-electron chi connectivity index (χ2n) is 8.51. The number of hydrogen-bond acceptors (Lipinski definition) is 3. The first-order chi connectivity index (χ1) is 9.59. The molecule has 1 rings (SSSR count). The number of methoxy groups -OCH3 is 1. The first-order valence-corrected chi connectivity index (χ1v) is 8.27. The summed E-state index contributed by atoms with van der Waals surface area (Å²) in [5.74, 6) is 0.882. The Morgan fingerprint density at radius 3 is 2.24 bits per heavy atom. The van der Waals surface area contributed by atoms with Gasteiger partial charge in [-0.3, -0.25) is 0 Å². The Hall–Kier alpha value is -0.570. The molecule has 1 saturated carbocycles. The lowest BCUT2D eigenvalue weighted by Gasteiger charge is -2.34. The van der Waals surface area contributed by atoms with Gasteiger partial charge in [0.15, 0.2) is 0 Å². The van der Waals surface area contributed by atoms with Crippen molar-refractivity contribution in [1.29, 1.82) is 0 Å². The van der Waals surface area contributed by atoms with E-state index in [-0.39, 0.29) is 24.1 Å². The topological polar surface area (TPSA) is 35.5 Å². The van der Waals surface area contributed by atoms with E-state index in [0.717, 1.165) is 12.8 Å². The van der Waals surface area contributed by atoms with E-state index in [9.17, 15) is 4.79 Å². The molecule has 0 spiro atoms. The van der Waals surface area contributed by atoms with Crippen LogP contribution in [0.2, 0.25) is 0 Å². The number of carbonyl (C=O) groups is 1. The van der Waals surface area contributed by atoms with Gasteiger partial charge in [0.1, 0.15) is 12.7 Å². The summed E-state index contributed by atoms with van der Waals surface area (Å²) in [4.78, 5) is 11.8. The largest absolute Gasteiger partial charge is 0.460 e. The van der Waals surface area contributed by atoms with Crippen molar-refractivity contribution in [2.24, 2.45) is 22.7 Å². The van der Waals surface area contributed by atoms with Gasteiger partial charge in [-0.25, -0.2) is 4.79 Å². The Kier molecular flexibility index (Phi) is 6.27. The second kappa shape index (κ2) is 7.13. The molecule has 3 unspecified atom stereocenters. The third kappa shape index (κ3) is 5.61. The maximum absolute atomic E-state index is 11.8. The van der Waals surface area contributed by atoms with E-state index < -0.39 is 0 Å². The van der Waals surface area contributed by atoms with Crippen LogP contribution in [0.3, 0.4) is 0 Å². The highest BCUT2D eigenvalue weighted by atomic mass is 16.6. The normalized spacial score (nSPS) is 26.9. The molecule has 1 fully saturated rings. The molecule has 3 nitrogen and oxygen atoms in total. The van der Waals surface area contributed by atoms with E-state index in [1.54, 1.807) is 0 Å². The van der Waals surface area contributed by atoms with Gasteiger partial charge in [0.25, 0.3) is 0 Å². The average molecular weight is 298 g/mol. The van der Waals surface area contributed by atoms with Gasteiger partial charge in [0, 0.05) is 13.0 Å². The van der Waals surface area contributed by atoms with Crippen molar-refractivity contribution in [1.82, 2.24) is 0 Å². The van der Waals surface area contributed by atoms with E-state index in [0.29, 0.717) is 17.3 Å². The third-order valence-electron chi connectivity index (χ3n) is 4.96. The second-order valence-corrected chi connectivity index (χ2v) is 8.51. The Bertz CT molecular complexity index is 341. The van der Waals surface area contributed by atoms with Gasteiger partial charge in [0.2, 0.25) is 0 Å². The molecule has 0 aromatic carbocycles. The minimum Gasteiger partial charge on any atom is -0.460 e. The van der Waals surface area contributed by atoms with Gasteiger partial charge in [0.05, 0.1) is 0 Å². The summed E-state index contributed by atoms with van der Waals surface area (Å²) in [6, 6.07) is 0. The fourth-order valence-corrected chi connectivity index (χ4v) is 3.67. The zero-order chi connectivity index (χ0) is 16.3. The molecule has 0 N–H and O–H groups in total. The van der Waals surface area contributed by atoms with Crippen LogP contribution in [0, 0.1) is 22.7 Å². The molecule has 1 aliphatic rings. The SMILES string of the molecule is CCC(C)(C)C1CC(CC(C)(C)C)CC1OC(=O)COC. The molecule has 0 bridgehead atoms. The zero-order valence-corrected chi connectivity index (χ0v) is 15.0. The Labute approximate surface area is 130 Å². The first kappa shape index (κ1) is 18.5. The highest BCUT2D eigenvalue weighted by Crippen LogP contribution is 2.48. The molecule has 3 atom stereocenters. The fraction of sp³-hybridized carbons (Fsp3) is 0.944. The maximum atomic E-state index is 11.8. The average Bonchev–Trinajstić information content (AvgIpc) is 2.70. The van der Waals surface area contributed by atoms with E-state index in [4.69, 9.17) is 9.47 Å². The summed E-state index contributed by atoms with van der Waals surface area (Å²) in [6.07, 6.45) is 4.53. The highest BCUT2D eigenvalue weighted by Gasteiger charge is 2.44. The van der Waals surface area contributed by atoms with Crippen molar-refractivity contribution in [2.45, 2.75) is 73.3 Å². The van der Waals surface area contributed by atoms with Crippen LogP contribution in [0.5, 0.6) is 0 Å². The van der Waals surface area contributed by atoms with Crippen LogP contribution in [-0.4, -0.2) is 25.8 Å². The molecule has 0 aromatic heterocycles. The van der Waals surface area contributed by atoms with Crippen LogP contribution in [0.4, 0.5) is 0 Å². The van der Waals surface area contributed by atoms with Gasteiger partial charge >= 0.3 is 5.97 Å². The first-order valence-electron chi connectivity index (χ1n) is 8.27. The van der Waals surface area contributed by atoms with Crippen LogP contribution in [-0.2, 0) is 14.3 Å². The number of esters is 1. The van der Waals surface area contributed by atoms with E-state index in [1.807, 2.05) is 0 Å². The Morgan fingerprint density at radius 2 is 1.76 bits per heavy atom. The molecule has 124 valence electrons. The molecule has 0 aliphatic heterocycles.